The van der Waals surface area contributed by atoms with E-state index in [1.165, 1.54) is 20.0 Å². The smallest absolute Gasteiger partial charge is 0.344 e. The highest BCUT2D eigenvalue weighted by molar-refractivity contribution is 8.16. The van der Waals surface area contributed by atoms with Gasteiger partial charge in [-0.25, -0.2) is 14.8 Å². The van der Waals surface area contributed by atoms with E-state index in [4.69, 9.17) is 9.72 Å². The summed E-state index contributed by atoms with van der Waals surface area (Å²) in [7, 11) is 1.39. The van der Waals surface area contributed by atoms with Gasteiger partial charge in [-0.2, -0.15) is 11.8 Å². The van der Waals surface area contributed by atoms with Crippen molar-refractivity contribution in [2.75, 3.05) is 17.9 Å². The fourth-order valence-corrected chi connectivity index (χ4v) is 4.75. The minimum Gasteiger partial charge on any atom is -0.465 e. The summed E-state index contributed by atoms with van der Waals surface area (Å²) in [6, 6.07) is 9.92. The minimum atomic E-state index is -0.408. The lowest BCUT2D eigenvalue weighted by Crippen LogP contribution is -2.10. The first kappa shape index (κ1) is 18.8. The van der Waals surface area contributed by atoms with Gasteiger partial charge in [0.05, 0.1) is 7.11 Å². The van der Waals surface area contributed by atoms with Crippen LogP contribution in [0.5, 0.6) is 0 Å². The van der Waals surface area contributed by atoms with Crippen molar-refractivity contribution < 1.29 is 9.53 Å². The Morgan fingerprint density at radius 2 is 2.08 bits per heavy atom. The largest absolute Gasteiger partial charge is 0.465 e. The Morgan fingerprint density at radius 1 is 1.27 bits per heavy atom. The van der Waals surface area contributed by atoms with E-state index in [9.17, 15) is 4.79 Å². The second kappa shape index (κ2) is 9.09. The highest BCUT2D eigenvalue weighted by Crippen LogP contribution is 2.31. The number of esters is 1. The summed E-state index contributed by atoms with van der Waals surface area (Å²) in [6.45, 7) is 2.18. The van der Waals surface area contributed by atoms with Crippen LogP contribution in [0.3, 0.4) is 0 Å². The molecule has 3 rings (SSSR count). The summed E-state index contributed by atoms with van der Waals surface area (Å²) in [4.78, 5) is 21.6. The molecule has 0 fully saturated rings. The summed E-state index contributed by atoms with van der Waals surface area (Å²) >= 11 is 3.42. The van der Waals surface area contributed by atoms with Gasteiger partial charge in [0.15, 0.2) is 5.65 Å². The van der Waals surface area contributed by atoms with Crippen LogP contribution < -0.4 is 0 Å². The van der Waals surface area contributed by atoms with Gasteiger partial charge in [-0.05, 0) is 12.2 Å². The molecule has 0 bridgehead atoms. The SMILES string of the molecule is CCCCSCSc1nc(-c2ccccc2)n2ccnc2c1C(=O)OC. The third kappa shape index (κ3) is 4.04. The summed E-state index contributed by atoms with van der Waals surface area (Å²) in [5, 5.41) is 1.50. The van der Waals surface area contributed by atoms with Crippen molar-refractivity contribution in [3.05, 3.63) is 48.3 Å². The molecule has 0 spiro atoms. The minimum absolute atomic E-state index is 0.408. The van der Waals surface area contributed by atoms with E-state index >= 15 is 0 Å². The zero-order valence-electron chi connectivity index (χ0n) is 14.8. The van der Waals surface area contributed by atoms with E-state index in [2.05, 4.69) is 11.9 Å². The van der Waals surface area contributed by atoms with Gasteiger partial charge >= 0.3 is 5.97 Å². The van der Waals surface area contributed by atoms with Crippen molar-refractivity contribution in [1.29, 1.82) is 0 Å². The van der Waals surface area contributed by atoms with Crippen LogP contribution in [0.4, 0.5) is 0 Å². The third-order valence-electron chi connectivity index (χ3n) is 3.86. The van der Waals surface area contributed by atoms with E-state index in [1.807, 2.05) is 52.7 Å². The van der Waals surface area contributed by atoms with Crippen LogP contribution in [0.25, 0.3) is 17.0 Å². The summed E-state index contributed by atoms with van der Waals surface area (Å²) in [5.41, 5.74) is 1.98. The molecule has 0 atom stereocenters. The molecule has 3 aromatic rings. The number of carbonyl (C=O) groups excluding carboxylic acids is 1. The van der Waals surface area contributed by atoms with Gasteiger partial charge in [0, 0.05) is 23.0 Å². The molecule has 2 aromatic heterocycles. The zero-order chi connectivity index (χ0) is 18.4. The van der Waals surface area contributed by atoms with Gasteiger partial charge in [-0.1, -0.05) is 55.4 Å². The number of fused-ring (bicyclic) bond motifs is 1. The molecule has 0 aliphatic rings. The Morgan fingerprint density at radius 3 is 2.81 bits per heavy atom. The number of rotatable bonds is 8. The molecule has 0 radical (unpaired) electrons. The Kier molecular flexibility index (Phi) is 6.57. The lowest BCUT2D eigenvalue weighted by molar-refractivity contribution is 0.0597. The summed E-state index contributed by atoms with van der Waals surface area (Å²) in [6.07, 6.45) is 5.88. The molecule has 1 aromatic carbocycles. The normalized spacial score (nSPS) is 11.0. The first-order valence-electron chi connectivity index (χ1n) is 8.47. The molecule has 5 nitrogen and oxygen atoms in total. The number of aromatic nitrogens is 3. The predicted octanol–water partition coefficient (Wildman–Crippen LogP) is 4.77. The maximum absolute atomic E-state index is 12.4. The van der Waals surface area contributed by atoms with Crippen molar-refractivity contribution in [1.82, 2.24) is 14.4 Å². The number of imidazole rings is 1. The van der Waals surface area contributed by atoms with Crippen LogP contribution in [0.1, 0.15) is 30.1 Å². The summed E-state index contributed by atoms with van der Waals surface area (Å²) in [5.74, 6) is 1.47. The molecular formula is C19H21N3O2S2. The van der Waals surface area contributed by atoms with Crippen molar-refractivity contribution in [2.24, 2.45) is 0 Å². The van der Waals surface area contributed by atoms with E-state index in [1.54, 1.807) is 18.0 Å². The molecule has 2 heterocycles. The standard InChI is InChI=1S/C19H21N3O2S2/c1-3-4-12-25-13-26-18-15(19(23)24-2)17-20-10-11-22(17)16(21-18)14-8-6-5-7-9-14/h5-11H,3-4,12-13H2,1-2H3. The number of methoxy groups -OCH3 is 1. The number of unbranched alkanes of at least 4 members (excludes halogenated alkanes) is 1. The number of benzene rings is 1. The molecule has 26 heavy (non-hydrogen) atoms. The van der Waals surface area contributed by atoms with Gasteiger partial charge in [0.25, 0.3) is 0 Å². The number of nitrogens with zero attached hydrogens (tertiary/aromatic N) is 3. The fraction of sp³-hybridized carbons (Fsp3) is 0.316. The number of ether oxygens (including phenoxy) is 1. The lowest BCUT2D eigenvalue weighted by Gasteiger charge is -2.12. The monoisotopic (exact) mass is 387 g/mol. The fourth-order valence-electron chi connectivity index (χ4n) is 2.54. The van der Waals surface area contributed by atoms with E-state index in [0.717, 1.165) is 22.2 Å². The average Bonchev–Trinajstić information content (AvgIpc) is 3.16. The van der Waals surface area contributed by atoms with Gasteiger partial charge in [-0.15, -0.1) is 0 Å². The van der Waals surface area contributed by atoms with Crippen LogP contribution in [0.15, 0.2) is 47.8 Å². The molecule has 136 valence electrons. The first-order chi connectivity index (χ1) is 12.8. The average molecular weight is 388 g/mol. The lowest BCUT2D eigenvalue weighted by atomic mass is 10.2. The van der Waals surface area contributed by atoms with Crippen LogP contribution in [-0.2, 0) is 4.74 Å². The second-order valence-corrected chi connectivity index (χ2v) is 8.05. The third-order valence-corrected chi connectivity index (χ3v) is 6.14. The maximum atomic E-state index is 12.4. The van der Waals surface area contributed by atoms with Crippen LogP contribution in [-0.4, -0.2) is 38.3 Å². The van der Waals surface area contributed by atoms with Gasteiger partial charge < -0.3 is 4.74 Å². The van der Waals surface area contributed by atoms with Crippen LogP contribution in [0.2, 0.25) is 0 Å². The van der Waals surface area contributed by atoms with Crippen molar-refractivity contribution in [2.45, 2.75) is 24.8 Å². The molecule has 0 amide bonds. The Labute approximate surface area is 161 Å². The predicted molar refractivity (Wildman–Crippen MR) is 108 cm³/mol. The van der Waals surface area contributed by atoms with Crippen LogP contribution in [0, 0.1) is 0 Å². The number of thioether (sulfide) groups is 2. The molecule has 0 aliphatic heterocycles. The highest BCUT2D eigenvalue weighted by Gasteiger charge is 2.22. The molecule has 0 aliphatic carbocycles. The van der Waals surface area contributed by atoms with E-state index < -0.39 is 5.97 Å². The summed E-state index contributed by atoms with van der Waals surface area (Å²) < 4.78 is 6.84. The zero-order valence-corrected chi connectivity index (χ0v) is 16.5. The highest BCUT2D eigenvalue weighted by atomic mass is 32.2. The molecule has 7 heteroatoms. The topological polar surface area (TPSA) is 56.5 Å². The van der Waals surface area contributed by atoms with E-state index in [0.29, 0.717) is 16.2 Å². The maximum Gasteiger partial charge on any atom is 0.344 e. The molecule has 0 saturated heterocycles. The van der Waals surface area contributed by atoms with Gasteiger partial charge in [0.1, 0.15) is 16.4 Å². The first-order valence-corrected chi connectivity index (χ1v) is 10.6. The Balaban J connectivity index is 2.03. The van der Waals surface area contributed by atoms with Crippen LogP contribution >= 0.6 is 23.5 Å². The number of carbonyl (C=O) groups is 1. The quantitative estimate of drug-likeness (QED) is 0.182. The number of hydrogen-bond acceptors (Lipinski definition) is 6. The second-order valence-electron chi connectivity index (χ2n) is 5.62. The molecule has 0 saturated carbocycles. The molecule has 0 unspecified atom stereocenters. The van der Waals surface area contributed by atoms with Gasteiger partial charge in [0.2, 0.25) is 0 Å². The molecular weight excluding hydrogens is 366 g/mol. The molecule has 0 N–H and O–H groups in total. The van der Waals surface area contributed by atoms with Gasteiger partial charge in [-0.3, -0.25) is 4.40 Å². The van der Waals surface area contributed by atoms with E-state index in [-0.39, 0.29) is 0 Å². The van der Waals surface area contributed by atoms with Crippen molar-refractivity contribution in [3.8, 4) is 11.4 Å². The Hall–Kier alpha value is -1.99. The van der Waals surface area contributed by atoms with Crippen molar-refractivity contribution >= 4 is 35.1 Å². The number of hydrogen-bond donors (Lipinski definition) is 0. The van der Waals surface area contributed by atoms with Crippen molar-refractivity contribution in [3.63, 3.8) is 0 Å². The Bertz CT molecular complexity index is 881.